The molecule has 0 N–H and O–H groups in total. The summed E-state index contributed by atoms with van der Waals surface area (Å²) < 4.78 is 7.10. The number of hydrogen-bond acceptors (Lipinski definition) is 2. The summed E-state index contributed by atoms with van der Waals surface area (Å²) in [6, 6.07) is 0. The Morgan fingerprint density at radius 3 is 2.82 bits per heavy atom. The SMILES string of the molecule is CCOc1nn(C)cc1CC. The molecule has 0 saturated heterocycles. The number of aryl methyl sites for hydroxylation is 2. The van der Waals surface area contributed by atoms with Crippen molar-refractivity contribution in [1.29, 1.82) is 0 Å². The van der Waals surface area contributed by atoms with Gasteiger partial charge in [0, 0.05) is 18.8 Å². The Kier molecular flexibility index (Phi) is 2.52. The van der Waals surface area contributed by atoms with E-state index in [0.717, 1.165) is 12.3 Å². The van der Waals surface area contributed by atoms with E-state index in [4.69, 9.17) is 4.74 Å². The van der Waals surface area contributed by atoms with Crippen LogP contribution in [-0.4, -0.2) is 16.4 Å². The van der Waals surface area contributed by atoms with Gasteiger partial charge in [-0.1, -0.05) is 6.92 Å². The minimum atomic E-state index is 0.685. The molecule has 3 heteroatoms. The number of nitrogens with zero attached hydrogens (tertiary/aromatic N) is 2. The molecule has 1 heterocycles. The highest BCUT2D eigenvalue weighted by molar-refractivity contribution is 5.22. The molecule has 0 radical (unpaired) electrons. The van der Waals surface area contributed by atoms with Gasteiger partial charge in [0.15, 0.2) is 0 Å². The third-order valence-corrected chi connectivity index (χ3v) is 1.53. The van der Waals surface area contributed by atoms with Crippen molar-refractivity contribution < 1.29 is 4.74 Å². The van der Waals surface area contributed by atoms with Crippen LogP contribution in [0.4, 0.5) is 0 Å². The highest BCUT2D eigenvalue weighted by Crippen LogP contribution is 2.15. The molecule has 1 aromatic rings. The zero-order chi connectivity index (χ0) is 8.27. The molecule has 0 fully saturated rings. The zero-order valence-corrected chi connectivity index (χ0v) is 7.29. The minimum Gasteiger partial charge on any atom is -0.477 e. The van der Waals surface area contributed by atoms with E-state index in [2.05, 4.69) is 12.0 Å². The third kappa shape index (κ3) is 1.73. The predicted molar refractivity (Wildman–Crippen MR) is 43.8 cm³/mol. The lowest BCUT2D eigenvalue weighted by Gasteiger charge is -1.98. The second kappa shape index (κ2) is 3.42. The maximum absolute atomic E-state index is 5.32. The molecule has 0 atom stereocenters. The summed E-state index contributed by atoms with van der Waals surface area (Å²) in [5.74, 6) is 0.775. The van der Waals surface area contributed by atoms with Gasteiger partial charge in [-0.25, -0.2) is 0 Å². The first kappa shape index (κ1) is 8.11. The lowest BCUT2D eigenvalue weighted by atomic mass is 10.3. The van der Waals surface area contributed by atoms with Crippen LogP contribution in [-0.2, 0) is 13.5 Å². The van der Waals surface area contributed by atoms with Crippen molar-refractivity contribution in [3.63, 3.8) is 0 Å². The second-order valence-corrected chi connectivity index (χ2v) is 2.42. The predicted octanol–water partition coefficient (Wildman–Crippen LogP) is 1.38. The van der Waals surface area contributed by atoms with Gasteiger partial charge in [-0.3, -0.25) is 4.68 Å². The molecule has 0 aliphatic carbocycles. The number of aromatic nitrogens is 2. The van der Waals surface area contributed by atoms with Crippen molar-refractivity contribution in [2.24, 2.45) is 7.05 Å². The molecule has 0 amide bonds. The van der Waals surface area contributed by atoms with Crippen molar-refractivity contribution in [3.8, 4) is 5.88 Å². The van der Waals surface area contributed by atoms with Crippen molar-refractivity contribution >= 4 is 0 Å². The molecular weight excluding hydrogens is 140 g/mol. The van der Waals surface area contributed by atoms with Crippen molar-refractivity contribution in [1.82, 2.24) is 9.78 Å². The summed E-state index contributed by atoms with van der Waals surface area (Å²) in [5.41, 5.74) is 1.18. The summed E-state index contributed by atoms with van der Waals surface area (Å²) in [6.45, 7) is 4.75. The van der Waals surface area contributed by atoms with Gasteiger partial charge in [-0.15, -0.1) is 5.10 Å². The maximum atomic E-state index is 5.32. The Morgan fingerprint density at radius 1 is 1.55 bits per heavy atom. The molecule has 0 unspecified atom stereocenters. The average molecular weight is 154 g/mol. The number of hydrogen-bond donors (Lipinski definition) is 0. The van der Waals surface area contributed by atoms with E-state index in [0.29, 0.717) is 6.61 Å². The van der Waals surface area contributed by atoms with E-state index in [-0.39, 0.29) is 0 Å². The van der Waals surface area contributed by atoms with Crippen molar-refractivity contribution in [2.75, 3.05) is 6.61 Å². The molecule has 0 spiro atoms. The molecule has 0 bridgehead atoms. The van der Waals surface area contributed by atoms with E-state index >= 15 is 0 Å². The monoisotopic (exact) mass is 154 g/mol. The van der Waals surface area contributed by atoms with Crippen LogP contribution in [0.2, 0.25) is 0 Å². The fraction of sp³-hybridized carbons (Fsp3) is 0.625. The fourth-order valence-electron chi connectivity index (χ4n) is 1.02. The van der Waals surface area contributed by atoms with E-state index in [1.807, 2.05) is 20.2 Å². The Balaban J connectivity index is 2.83. The Morgan fingerprint density at radius 2 is 2.27 bits per heavy atom. The molecule has 0 aliphatic heterocycles. The highest BCUT2D eigenvalue weighted by atomic mass is 16.5. The van der Waals surface area contributed by atoms with E-state index < -0.39 is 0 Å². The van der Waals surface area contributed by atoms with Crippen LogP contribution in [0, 0.1) is 0 Å². The van der Waals surface area contributed by atoms with Gasteiger partial charge in [0.1, 0.15) is 0 Å². The molecule has 0 aliphatic rings. The van der Waals surface area contributed by atoms with Crippen molar-refractivity contribution in [3.05, 3.63) is 11.8 Å². The summed E-state index contributed by atoms with van der Waals surface area (Å²) in [5, 5.41) is 4.17. The molecule has 0 saturated carbocycles. The van der Waals surface area contributed by atoms with Gasteiger partial charge < -0.3 is 4.74 Å². The highest BCUT2D eigenvalue weighted by Gasteiger charge is 2.04. The molecule has 1 rings (SSSR count). The molecule has 0 aromatic carbocycles. The van der Waals surface area contributed by atoms with Crippen LogP contribution < -0.4 is 4.74 Å². The summed E-state index contributed by atoms with van der Waals surface area (Å²) in [4.78, 5) is 0. The topological polar surface area (TPSA) is 27.1 Å². The first-order chi connectivity index (χ1) is 5.27. The van der Waals surface area contributed by atoms with Crippen LogP contribution in [0.25, 0.3) is 0 Å². The molecule has 3 nitrogen and oxygen atoms in total. The Hall–Kier alpha value is -0.990. The van der Waals surface area contributed by atoms with Crippen LogP contribution in [0.15, 0.2) is 6.20 Å². The van der Waals surface area contributed by atoms with Gasteiger partial charge in [-0.05, 0) is 13.3 Å². The molecular formula is C8H14N2O. The largest absolute Gasteiger partial charge is 0.477 e. The van der Waals surface area contributed by atoms with Gasteiger partial charge in [0.05, 0.1) is 6.61 Å². The maximum Gasteiger partial charge on any atom is 0.235 e. The second-order valence-electron chi connectivity index (χ2n) is 2.42. The first-order valence-electron chi connectivity index (χ1n) is 3.93. The quantitative estimate of drug-likeness (QED) is 0.657. The number of ether oxygens (including phenoxy) is 1. The van der Waals surface area contributed by atoms with Crippen LogP contribution >= 0.6 is 0 Å². The van der Waals surface area contributed by atoms with Crippen LogP contribution in [0.1, 0.15) is 19.4 Å². The Bertz CT molecular complexity index is 230. The van der Waals surface area contributed by atoms with Gasteiger partial charge >= 0.3 is 0 Å². The molecule has 11 heavy (non-hydrogen) atoms. The summed E-state index contributed by atoms with van der Waals surface area (Å²) >= 11 is 0. The number of rotatable bonds is 3. The third-order valence-electron chi connectivity index (χ3n) is 1.53. The normalized spacial score (nSPS) is 10.1. The summed E-state index contributed by atoms with van der Waals surface area (Å²) in [6.07, 6.45) is 2.97. The van der Waals surface area contributed by atoms with E-state index in [1.54, 1.807) is 4.68 Å². The van der Waals surface area contributed by atoms with Crippen LogP contribution in [0.3, 0.4) is 0 Å². The van der Waals surface area contributed by atoms with Crippen molar-refractivity contribution in [2.45, 2.75) is 20.3 Å². The van der Waals surface area contributed by atoms with Gasteiger partial charge in [0.2, 0.25) is 5.88 Å². The van der Waals surface area contributed by atoms with E-state index in [1.165, 1.54) is 5.56 Å². The first-order valence-corrected chi connectivity index (χ1v) is 3.93. The van der Waals surface area contributed by atoms with Crippen LogP contribution in [0.5, 0.6) is 5.88 Å². The fourth-order valence-corrected chi connectivity index (χ4v) is 1.02. The standard InChI is InChI=1S/C8H14N2O/c1-4-7-6-10(3)9-8(7)11-5-2/h6H,4-5H2,1-3H3. The average Bonchev–Trinajstić information content (AvgIpc) is 2.32. The zero-order valence-electron chi connectivity index (χ0n) is 7.29. The lowest BCUT2D eigenvalue weighted by molar-refractivity contribution is 0.320. The minimum absolute atomic E-state index is 0.685. The van der Waals surface area contributed by atoms with Gasteiger partial charge in [0.25, 0.3) is 0 Å². The molecule has 1 aromatic heterocycles. The van der Waals surface area contributed by atoms with Gasteiger partial charge in [-0.2, -0.15) is 0 Å². The summed E-state index contributed by atoms with van der Waals surface area (Å²) in [7, 11) is 1.90. The Labute approximate surface area is 67.0 Å². The molecule has 62 valence electrons. The lowest BCUT2D eigenvalue weighted by Crippen LogP contribution is -1.95. The van der Waals surface area contributed by atoms with E-state index in [9.17, 15) is 0 Å². The smallest absolute Gasteiger partial charge is 0.235 e.